The Hall–Kier alpha value is -2.58. The molecule has 1 amide bonds. The van der Waals surface area contributed by atoms with Crippen LogP contribution in [-0.2, 0) is 6.42 Å². The fourth-order valence-electron chi connectivity index (χ4n) is 2.49. The van der Waals surface area contributed by atoms with Crippen LogP contribution in [0.5, 0.6) is 0 Å². The van der Waals surface area contributed by atoms with Gasteiger partial charge in [-0.05, 0) is 30.1 Å². The van der Waals surface area contributed by atoms with Crippen molar-refractivity contribution < 1.29 is 9.21 Å². The minimum atomic E-state index is -0.219. The number of amides is 1. The Morgan fingerprint density at radius 2 is 2.20 bits per heavy atom. The van der Waals surface area contributed by atoms with Gasteiger partial charge in [-0.15, -0.1) is 16.4 Å². The molecule has 0 aliphatic carbocycles. The Bertz CT molecular complexity index is 1000. The van der Waals surface area contributed by atoms with Crippen LogP contribution in [0.15, 0.2) is 40.1 Å². The first-order valence-corrected chi connectivity index (χ1v) is 9.47. The van der Waals surface area contributed by atoms with E-state index in [1.54, 1.807) is 0 Å². The van der Waals surface area contributed by atoms with Crippen LogP contribution in [0.25, 0.3) is 22.4 Å². The number of nitrogens with zero attached hydrogens (tertiary/aromatic N) is 3. The summed E-state index contributed by atoms with van der Waals surface area (Å²) >= 11 is 2.47. The Balaban J connectivity index is 1.55. The van der Waals surface area contributed by atoms with Gasteiger partial charge in [0.05, 0.1) is 5.69 Å². The van der Waals surface area contributed by atoms with Gasteiger partial charge in [0.15, 0.2) is 10.9 Å². The number of carbonyl (C=O) groups excluding carboxylic acids is 1. The lowest BCUT2D eigenvalue weighted by atomic mass is 10.2. The zero-order chi connectivity index (χ0) is 17.2. The van der Waals surface area contributed by atoms with Crippen LogP contribution in [0.4, 0.5) is 5.13 Å². The van der Waals surface area contributed by atoms with Gasteiger partial charge in [0.25, 0.3) is 5.91 Å². The summed E-state index contributed by atoms with van der Waals surface area (Å²) < 4.78 is 9.69. The first-order valence-electron chi connectivity index (χ1n) is 7.81. The molecule has 0 bridgehead atoms. The van der Waals surface area contributed by atoms with E-state index in [4.69, 9.17) is 4.42 Å². The van der Waals surface area contributed by atoms with E-state index in [1.165, 1.54) is 11.3 Å². The first-order chi connectivity index (χ1) is 12.2. The summed E-state index contributed by atoms with van der Waals surface area (Å²) in [7, 11) is 0. The lowest BCUT2D eigenvalue weighted by molar-refractivity contribution is 0.102. The Morgan fingerprint density at radius 1 is 1.32 bits per heavy atom. The molecule has 0 spiro atoms. The molecular formula is C17H14N4O2S2. The molecule has 8 heteroatoms. The van der Waals surface area contributed by atoms with E-state index in [0.29, 0.717) is 21.5 Å². The second-order valence-corrected chi connectivity index (χ2v) is 7.05. The van der Waals surface area contributed by atoms with Crippen LogP contribution in [0.3, 0.4) is 0 Å². The number of aromatic nitrogens is 3. The molecule has 3 aromatic heterocycles. The quantitative estimate of drug-likeness (QED) is 0.555. The fourth-order valence-corrected chi connectivity index (χ4v) is 3.79. The van der Waals surface area contributed by atoms with Crippen LogP contribution in [0.2, 0.25) is 0 Å². The van der Waals surface area contributed by atoms with Crippen LogP contribution in [0, 0.1) is 0 Å². The zero-order valence-corrected chi connectivity index (χ0v) is 15.0. The summed E-state index contributed by atoms with van der Waals surface area (Å²) in [4.78, 5) is 17.4. The predicted octanol–water partition coefficient (Wildman–Crippen LogP) is 4.61. The molecule has 0 saturated carbocycles. The number of thiazole rings is 1. The summed E-state index contributed by atoms with van der Waals surface area (Å²) in [6.45, 7) is 2.04. The van der Waals surface area contributed by atoms with Crippen LogP contribution in [0.1, 0.15) is 28.7 Å². The highest BCUT2D eigenvalue weighted by Crippen LogP contribution is 2.30. The fraction of sp³-hybridized carbons (Fsp3) is 0.176. The Kier molecular flexibility index (Phi) is 4.29. The third-order valence-corrected chi connectivity index (χ3v) is 5.18. The second kappa shape index (κ2) is 6.73. The van der Waals surface area contributed by atoms with Crippen molar-refractivity contribution in [2.45, 2.75) is 19.8 Å². The summed E-state index contributed by atoms with van der Waals surface area (Å²) in [6.07, 6.45) is 1.65. The van der Waals surface area contributed by atoms with Crippen molar-refractivity contribution in [3.05, 3.63) is 46.3 Å². The lowest BCUT2D eigenvalue weighted by Crippen LogP contribution is -2.12. The Labute approximate surface area is 151 Å². The molecule has 4 rings (SSSR count). The van der Waals surface area contributed by atoms with Gasteiger partial charge in [-0.1, -0.05) is 36.0 Å². The number of para-hydroxylation sites is 1. The molecule has 4 aromatic rings. The number of benzene rings is 1. The molecule has 0 unspecified atom stereocenters. The highest BCUT2D eigenvalue weighted by Gasteiger charge is 2.18. The average molecular weight is 370 g/mol. The van der Waals surface area contributed by atoms with Crippen molar-refractivity contribution in [2.75, 3.05) is 5.32 Å². The molecule has 1 aromatic carbocycles. The summed E-state index contributed by atoms with van der Waals surface area (Å²) in [6, 6.07) is 9.75. The maximum absolute atomic E-state index is 12.4. The number of carbonyl (C=O) groups is 1. The minimum absolute atomic E-state index is 0.219. The zero-order valence-electron chi connectivity index (χ0n) is 13.4. The molecule has 126 valence electrons. The number of hydrogen-bond donors (Lipinski definition) is 1. The second-order valence-electron chi connectivity index (χ2n) is 5.44. The van der Waals surface area contributed by atoms with E-state index < -0.39 is 0 Å². The van der Waals surface area contributed by atoms with Crippen molar-refractivity contribution >= 4 is 44.9 Å². The van der Waals surface area contributed by atoms with E-state index in [9.17, 15) is 4.79 Å². The number of furan rings is 1. The van der Waals surface area contributed by atoms with Gasteiger partial charge >= 0.3 is 0 Å². The standard InChI is InChI=1S/C17H14N4O2S2/c1-2-5-11-15(25-21-20-11)16(22)19-17-18-12(9-24-17)14-8-10-6-3-4-7-13(10)23-14/h3-4,6-9H,2,5H2,1H3,(H,18,19,22). The largest absolute Gasteiger partial charge is 0.454 e. The maximum atomic E-state index is 12.4. The molecule has 25 heavy (non-hydrogen) atoms. The van der Waals surface area contributed by atoms with E-state index in [0.717, 1.165) is 41.0 Å². The maximum Gasteiger partial charge on any atom is 0.271 e. The van der Waals surface area contributed by atoms with Crippen molar-refractivity contribution in [2.24, 2.45) is 0 Å². The van der Waals surface area contributed by atoms with Crippen LogP contribution < -0.4 is 5.32 Å². The minimum Gasteiger partial charge on any atom is -0.454 e. The molecule has 0 aliphatic rings. The Morgan fingerprint density at radius 3 is 3.04 bits per heavy atom. The third-order valence-electron chi connectivity index (χ3n) is 3.65. The molecule has 0 saturated heterocycles. The molecule has 0 atom stereocenters. The van der Waals surface area contributed by atoms with Gasteiger partial charge in [0.1, 0.15) is 16.2 Å². The number of hydrogen-bond acceptors (Lipinski definition) is 7. The van der Waals surface area contributed by atoms with Crippen molar-refractivity contribution in [1.82, 2.24) is 14.6 Å². The molecule has 0 radical (unpaired) electrons. The van der Waals surface area contributed by atoms with Gasteiger partial charge in [0, 0.05) is 10.8 Å². The van der Waals surface area contributed by atoms with Crippen LogP contribution in [-0.4, -0.2) is 20.5 Å². The molecule has 0 fully saturated rings. The highest BCUT2D eigenvalue weighted by molar-refractivity contribution is 7.14. The van der Waals surface area contributed by atoms with Gasteiger partial charge in [-0.3, -0.25) is 10.1 Å². The number of nitrogens with one attached hydrogen (secondary N) is 1. The topological polar surface area (TPSA) is 80.9 Å². The SMILES string of the molecule is CCCc1nnsc1C(=O)Nc1nc(-c2cc3ccccc3o2)cs1. The number of anilines is 1. The van der Waals surface area contributed by atoms with E-state index in [1.807, 2.05) is 42.6 Å². The predicted molar refractivity (Wildman–Crippen MR) is 99.2 cm³/mol. The van der Waals surface area contributed by atoms with E-state index in [-0.39, 0.29) is 5.91 Å². The van der Waals surface area contributed by atoms with E-state index >= 15 is 0 Å². The van der Waals surface area contributed by atoms with Gasteiger partial charge in [-0.2, -0.15) is 0 Å². The third kappa shape index (κ3) is 3.18. The number of fused-ring (bicyclic) bond motifs is 1. The summed E-state index contributed by atoms with van der Waals surface area (Å²) in [5, 5.41) is 10.3. The van der Waals surface area contributed by atoms with Gasteiger partial charge in [-0.25, -0.2) is 4.98 Å². The van der Waals surface area contributed by atoms with E-state index in [2.05, 4.69) is 19.9 Å². The molecule has 1 N–H and O–H groups in total. The van der Waals surface area contributed by atoms with Crippen molar-refractivity contribution in [3.8, 4) is 11.5 Å². The van der Waals surface area contributed by atoms with Gasteiger partial charge < -0.3 is 4.42 Å². The van der Waals surface area contributed by atoms with Crippen LogP contribution >= 0.6 is 22.9 Å². The molecular weight excluding hydrogens is 356 g/mol. The summed E-state index contributed by atoms with van der Waals surface area (Å²) in [5.41, 5.74) is 2.25. The van der Waals surface area contributed by atoms with Crippen molar-refractivity contribution in [1.29, 1.82) is 0 Å². The smallest absolute Gasteiger partial charge is 0.271 e. The molecule has 3 heterocycles. The normalized spacial score (nSPS) is 11.1. The summed E-state index contributed by atoms with van der Waals surface area (Å²) in [5.74, 6) is 0.466. The first kappa shape index (κ1) is 15.9. The number of aryl methyl sites for hydroxylation is 1. The monoisotopic (exact) mass is 370 g/mol. The number of rotatable bonds is 5. The average Bonchev–Trinajstić information content (AvgIpc) is 3.33. The van der Waals surface area contributed by atoms with Gasteiger partial charge in [0.2, 0.25) is 0 Å². The molecule has 6 nitrogen and oxygen atoms in total. The lowest BCUT2D eigenvalue weighted by Gasteiger charge is -2.00. The highest BCUT2D eigenvalue weighted by atomic mass is 32.1. The molecule has 0 aliphatic heterocycles. The van der Waals surface area contributed by atoms with Crippen molar-refractivity contribution in [3.63, 3.8) is 0 Å².